The van der Waals surface area contributed by atoms with Crippen molar-refractivity contribution < 1.29 is 4.79 Å². The Labute approximate surface area is 160 Å². The molecule has 27 heavy (non-hydrogen) atoms. The van der Waals surface area contributed by atoms with E-state index < -0.39 is 0 Å². The molecule has 0 heterocycles. The molecule has 1 aliphatic carbocycles. The largest absolute Gasteiger partial charge is 0.322 e. The molecule has 0 bridgehead atoms. The van der Waals surface area contributed by atoms with E-state index in [2.05, 4.69) is 67.7 Å². The first kappa shape index (κ1) is 17.3. The summed E-state index contributed by atoms with van der Waals surface area (Å²) < 4.78 is 0. The average Bonchev–Trinajstić information content (AvgIpc) is 3.04. The van der Waals surface area contributed by atoms with Gasteiger partial charge in [0, 0.05) is 11.3 Å². The number of hydrogen-bond donors (Lipinski definition) is 1. The first-order chi connectivity index (χ1) is 13.1. The number of amides is 1. The molecule has 0 aliphatic heterocycles. The number of anilines is 1. The minimum absolute atomic E-state index is 0.0788. The van der Waals surface area contributed by atoms with Gasteiger partial charge in [0.25, 0.3) is 5.91 Å². The quantitative estimate of drug-likeness (QED) is 0.466. The zero-order chi connectivity index (χ0) is 18.8. The number of carbonyl (C=O) groups excluding carboxylic acids is 1. The summed E-state index contributed by atoms with van der Waals surface area (Å²) in [5.41, 5.74) is 7.80. The van der Waals surface area contributed by atoms with E-state index in [9.17, 15) is 4.79 Å². The van der Waals surface area contributed by atoms with Crippen molar-refractivity contribution in [3.63, 3.8) is 0 Å². The van der Waals surface area contributed by atoms with E-state index in [0.717, 1.165) is 17.7 Å². The van der Waals surface area contributed by atoms with Gasteiger partial charge in [-0.2, -0.15) is 0 Å². The molecule has 2 heteroatoms. The highest BCUT2D eigenvalue weighted by Crippen LogP contribution is 2.37. The number of hydrogen-bond acceptors (Lipinski definition) is 1. The topological polar surface area (TPSA) is 29.1 Å². The van der Waals surface area contributed by atoms with E-state index in [1.807, 2.05) is 30.3 Å². The van der Waals surface area contributed by atoms with E-state index in [1.165, 1.54) is 22.3 Å². The molecule has 1 amide bonds. The summed E-state index contributed by atoms with van der Waals surface area (Å²) in [6.07, 6.45) is 5.16. The molecule has 0 atom stereocenters. The molecule has 134 valence electrons. The lowest BCUT2D eigenvalue weighted by molar-refractivity contribution is 0.102. The fourth-order valence-electron chi connectivity index (χ4n) is 3.48. The van der Waals surface area contributed by atoms with Gasteiger partial charge in [-0.15, -0.1) is 0 Å². The van der Waals surface area contributed by atoms with Crippen LogP contribution in [0.5, 0.6) is 0 Å². The highest BCUT2D eigenvalue weighted by Gasteiger charge is 2.18. The Morgan fingerprint density at radius 2 is 1.67 bits per heavy atom. The summed E-state index contributed by atoms with van der Waals surface area (Å²) in [5.74, 6) is 0.434. The lowest BCUT2D eigenvalue weighted by Gasteiger charge is -2.08. The lowest BCUT2D eigenvalue weighted by atomic mass is 10.1. The molecule has 0 saturated carbocycles. The van der Waals surface area contributed by atoms with Crippen LogP contribution in [0.25, 0.3) is 17.2 Å². The van der Waals surface area contributed by atoms with Gasteiger partial charge < -0.3 is 5.32 Å². The third-order valence-electron chi connectivity index (χ3n) is 4.90. The zero-order valence-electron chi connectivity index (χ0n) is 15.7. The molecule has 1 aliphatic rings. The van der Waals surface area contributed by atoms with Gasteiger partial charge in [0.2, 0.25) is 0 Å². The number of allylic oxidation sites excluding steroid dienone is 1. The second kappa shape index (κ2) is 7.24. The Morgan fingerprint density at radius 1 is 0.926 bits per heavy atom. The van der Waals surface area contributed by atoms with Gasteiger partial charge in [-0.1, -0.05) is 68.5 Å². The van der Waals surface area contributed by atoms with Crippen LogP contribution in [0, 0.1) is 5.92 Å². The van der Waals surface area contributed by atoms with Gasteiger partial charge in [0.1, 0.15) is 0 Å². The fraction of sp³-hybridized carbons (Fsp3) is 0.160. The van der Waals surface area contributed by atoms with Crippen LogP contribution in [-0.2, 0) is 6.42 Å². The van der Waals surface area contributed by atoms with Crippen LogP contribution in [0.1, 0.15) is 40.9 Å². The van der Waals surface area contributed by atoms with E-state index in [4.69, 9.17) is 0 Å². The van der Waals surface area contributed by atoms with Crippen LogP contribution >= 0.6 is 0 Å². The maximum Gasteiger partial charge on any atom is 0.255 e. The highest BCUT2D eigenvalue weighted by molar-refractivity contribution is 6.04. The van der Waals surface area contributed by atoms with Crippen LogP contribution < -0.4 is 5.32 Å². The van der Waals surface area contributed by atoms with Crippen molar-refractivity contribution in [1.29, 1.82) is 0 Å². The summed E-state index contributed by atoms with van der Waals surface area (Å²) in [4.78, 5) is 12.6. The average molecular weight is 353 g/mol. The third-order valence-corrected chi connectivity index (χ3v) is 4.90. The van der Waals surface area contributed by atoms with Crippen molar-refractivity contribution in [2.75, 3.05) is 5.32 Å². The predicted molar refractivity (Wildman–Crippen MR) is 113 cm³/mol. The smallest absolute Gasteiger partial charge is 0.255 e. The molecular weight excluding hydrogens is 330 g/mol. The van der Waals surface area contributed by atoms with Gasteiger partial charge in [-0.05, 0) is 64.4 Å². The predicted octanol–water partition coefficient (Wildman–Crippen LogP) is 6.18. The fourth-order valence-corrected chi connectivity index (χ4v) is 3.48. The third kappa shape index (κ3) is 3.70. The second-order valence-corrected chi connectivity index (χ2v) is 7.39. The first-order valence-electron chi connectivity index (χ1n) is 9.41. The number of rotatable bonds is 4. The molecule has 0 saturated heterocycles. The lowest BCUT2D eigenvalue weighted by Crippen LogP contribution is -2.11. The van der Waals surface area contributed by atoms with Crippen molar-refractivity contribution in [3.05, 3.63) is 95.1 Å². The van der Waals surface area contributed by atoms with E-state index in [-0.39, 0.29) is 5.91 Å². The molecule has 0 unspecified atom stereocenters. The van der Waals surface area contributed by atoms with Crippen LogP contribution in [-0.4, -0.2) is 5.91 Å². The van der Waals surface area contributed by atoms with Crippen LogP contribution in [0.3, 0.4) is 0 Å². The molecule has 1 N–H and O–H groups in total. The Morgan fingerprint density at radius 3 is 2.44 bits per heavy atom. The Hall–Kier alpha value is -3.13. The van der Waals surface area contributed by atoms with Crippen LogP contribution in [0.15, 0.2) is 72.8 Å². The molecule has 3 aromatic carbocycles. The number of fused-ring (bicyclic) bond motifs is 3. The van der Waals surface area contributed by atoms with Crippen LogP contribution in [0.2, 0.25) is 0 Å². The monoisotopic (exact) mass is 353 g/mol. The number of carbonyl (C=O) groups is 1. The van der Waals surface area contributed by atoms with Gasteiger partial charge >= 0.3 is 0 Å². The maximum atomic E-state index is 12.6. The summed E-state index contributed by atoms with van der Waals surface area (Å²) in [5, 5.41) is 3.03. The van der Waals surface area contributed by atoms with E-state index in [0.29, 0.717) is 11.5 Å². The Balaban J connectivity index is 1.48. The normalized spacial score (nSPS) is 12.3. The minimum atomic E-state index is -0.0788. The van der Waals surface area contributed by atoms with Crippen molar-refractivity contribution in [2.45, 2.75) is 20.3 Å². The van der Waals surface area contributed by atoms with E-state index >= 15 is 0 Å². The molecule has 2 nitrogen and oxygen atoms in total. The number of benzene rings is 3. The summed E-state index contributed by atoms with van der Waals surface area (Å²) in [6, 6.07) is 22.4. The zero-order valence-corrected chi connectivity index (χ0v) is 15.7. The van der Waals surface area contributed by atoms with E-state index in [1.54, 1.807) is 0 Å². The highest BCUT2D eigenvalue weighted by atomic mass is 16.1. The Kier molecular flexibility index (Phi) is 4.64. The van der Waals surface area contributed by atoms with Crippen molar-refractivity contribution >= 4 is 17.7 Å². The summed E-state index contributed by atoms with van der Waals surface area (Å²) in [6.45, 7) is 4.29. The second-order valence-electron chi connectivity index (χ2n) is 7.39. The molecular formula is C25H23NO. The van der Waals surface area contributed by atoms with Crippen molar-refractivity contribution in [1.82, 2.24) is 0 Å². The van der Waals surface area contributed by atoms with Gasteiger partial charge in [-0.3, -0.25) is 4.79 Å². The maximum absolute atomic E-state index is 12.6. The van der Waals surface area contributed by atoms with Crippen molar-refractivity contribution in [3.8, 4) is 11.1 Å². The first-order valence-corrected chi connectivity index (χ1v) is 9.41. The summed E-state index contributed by atoms with van der Waals surface area (Å²) in [7, 11) is 0. The number of nitrogens with one attached hydrogen (secondary N) is 1. The van der Waals surface area contributed by atoms with Crippen LogP contribution in [0.4, 0.5) is 5.69 Å². The molecule has 0 spiro atoms. The SMILES string of the molecule is CC(C)/C=C/c1ccc(C(=O)Nc2ccc3c(c2)Cc2ccccc2-3)cc1. The van der Waals surface area contributed by atoms with Gasteiger partial charge in [0.05, 0.1) is 0 Å². The Bertz CT molecular complexity index is 1010. The molecule has 0 aromatic heterocycles. The van der Waals surface area contributed by atoms with Gasteiger partial charge in [-0.25, -0.2) is 0 Å². The summed E-state index contributed by atoms with van der Waals surface area (Å²) >= 11 is 0. The standard InChI is InChI=1S/C25H23NO/c1-17(2)7-8-18-9-11-19(12-10-18)25(27)26-22-13-14-24-21(16-22)15-20-5-3-4-6-23(20)24/h3-14,16-17H,15H2,1-2H3,(H,26,27)/b8-7+. The molecule has 3 aromatic rings. The molecule has 4 rings (SSSR count). The van der Waals surface area contributed by atoms with Crippen molar-refractivity contribution in [2.24, 2.45) is 5.92 Å². The minimum Gasteiger partial charge on any atom is -0.322 e. The molecule has 0 radical (unpaired) electrons. The van der Waals surface area contributed by atoms with Gasteiger partial charge in [0.15, 0.2) is 0 Å². The molecule has 0 fully saturated rings.